The Hall–Kier alpha value is 0. The standard InChI is InChI=1S/C11H20/c1-8-4-3-5-10-7-11(8)6-9(10)2/h8-11H,3-7H2,1-2H3. The van der Waals surface area contributed by atoms with E-state index in [1.807, 2.05) is 0 Å². The molecule has 4 atom stereocenters. The van der Waals surface area contributed by atoms with E-state index < -0.39 is 0 Å². The lowest BCUT2D eigenvalue weighted by atomic mass is 9.87. The van der Waals surface area contributed by atoms with Crippen LogP contribution in [0.1, 0.15) is 46.0 Å². The van der Waals surface area contributed by atoms with Gasteiger partial charge in [-0.3, -0.25) is 0 Å². The summed E-state index contributed by atoms with van der Waals surface area (Å²) >= 11 is 0. The van der Waals surface area contributed by atoms with Gasteiger partial charge in [0.25, 0.3) is 0 Å². The second kappa shape index (κ2) is 2.80. The average molecular weight is 152 g/mol. The highest BCUT2D eigenvalue weighted by atomic mass is 14.4. The third-order valence-corrected chi connectivity index (χ3v) is 4.12. The molecule has 0 amide bonds. The van der Waals surface area contributed by atoms with Gasteiger partial charge in [0, 0.05) is 0 Å². The van der Waals surface area contributed by atoms with Crippen molar-refractivity contribution in [2.45, 2.75) is 46.0 Å². The van der Waals surface area contributed by atoms with Crippen LogP contribution < -0.4 is 0 Å². The number of hydrogen-bond donors (Lipinski definition) is 0. The van der Waals surface area contributed by atoms with Crippen molar-refractivity contribution < 1.29 is 0 Å². The molecule has 0 aromatic carbocycles. The van der Waals surface area contributed by atoms with Crippen molar-refractivity contribution in [3.05, 3.63) is 0 Å². The van der Waals surface area contributed by atoms with Gasteiger partial charge in [-0.1, -0.05) is 33.1 Å². The maximum Gasteiger partial charge on any atom is -0.0383 e. The van der Waals surface area contributed by atoms with Crippen molar-refractivity contribution in [1.29, 1.82) is 0 Å². The molecule has 0 aromatic rings. The molecular weight excluding hydrogens is 132 g/mol. The van der Waals surface area contributed by atoms with E-state index >= 15 is 0 Å². The second-order valence-corrected chi connectivity index (χ2v) is 4.88. The van der Waals surface area contributed by atoms with Crippen LogP contribution >= 0.6 is 0 Å². The third-order valence-electron chi connectivity index (χ3n) is 4.12. The molecular formula is C11H20. The SMILES string of the molecule is CC1CC2CC1CCCC2C. The molecule has 0 N–H and O–H groups in total. The quantitative estimate of drug-likeness (QED) is 0.498. The molecule has 0 radical (unpaired) electrons. The van der Waals surface area contributed by atoms with Gasteiger partial charge in [-0.15, -0.1) is 0 Å². The highest BCUT2D eigenvalue weighted by Gasteiger charge is 2.35. The van der Waals surface area contributed by atoms with E-state index in [4.69, 9.17) is 0 Å². The van der Waals surface area contributed by atoms with E-state index in [9.17, 15) is 0 Å². The Labute approximate surface area is 70.4 Å². The molecule has 0 aliphatic heterocycles. The second-order valence-electron chi connectivity index (χ2n) is 4.88. The Bertz CT molecular complexity index is 139. The first kappa shape index (κ1) is 7.64. The van der Waals surface area contributed by atoms with E-state index in [2.05, 4.69) is 13.8 Å². The molecule has 0 spiro atoms. The van der Waals surface area contributed by atoms with E-state index in [0.717, 1.165) is 23.7 Å². The summed E-state index contributed by atoms with van der Waals surface area (Å²) in [5.74, 6) is 4.27. The Morgan fingerprint density at radius 1 is 0.818 bits per heavy atom. The zero-order valence-corrected chi connectivity index (χ0v) is 7.84. The molecule has 0 saturated heterocycles. The van der Waals surface area contributed by atoms with Gasteiger partial charge in [0.1, 0.15) is 0 Å². The lowest BCUT2D eigenvalue weighted by molar-refractivity contribution is 0.323. The summed E-state index contributed by atoms with van der Waals surface area (Å²) in [6.45, 7) is 4.92. The average Bonchev–Trinajstić information content (AvgIpc) is 2.22. The number of rotatable bonds is 0. The third kappa shape index (κ3) is 1.32. The summed E-state index contributed by atoms with van der Waals surface area (Å²) < 4.78 is 0. The molecule has 2 aliphatic carbocycles. The van der Waals surface area contributed by atoms with Crippen molar-refractivity contribution >= 4 is 0 Å². The summed E-state index contributed by atoms with van der Waals surface area (Å²) in [7, 11) is 0. The number of hydrogen-bond acceptors (Lipinski definition) is 0. The van der Waals surface area contributed by atoms with Crippen LogP contribution in [0.15, 0.2) is 0 Å². The Balaban J connectivity index is 2.07. The highest BCUT2D eigenvalue weighted by molar-refractivity contribution is 4.86. The first-order chi connectivity index (χ1) is 5.27. The fourth-order valence-electron chi connectivity index (χ4n) is 3.19. The Morgan fingerprint density at radius 2 is 1.64 bits per heavy atom. The summed E-state index contributed by atoms with van der Waals surface area (Å²) in [6, 6.07) is 0. The fourth-order valence-corrected chi connectivity index (χ4v) is 3.19. The van der Waals surface area contributed by atoms with Crippen LogP contribution in [0.25, 0.3) is 0 Å². The first-order valence-electron chi connectivity index (χ1n) is 5.27. The zero-order chi connectivity index (χ0) is 7.84. The van der Waals surface area contributed by atoms with Crippen LogP contribution in [0.4, 0.5) is 0 Å². The van der Waals surface area contributed by atoms with Gasteiger partial charge >= 0.3 is 0 Å². The van der Waals surface area contributed by atoms with Crippen molar-refractivity contribution in [2.24, 2.45) is 23.7 Å². The van der Waals surface area contributed by atoms with E-state index in [-0.39, 0.29) is 0 Å². The normalized spacial score (nSPS) is 50.7. The lowest BCUT2D eigenvalue weighted by Crippen LogP contribution is -2.08. The summed E-state index contributed by atoms with van der Waals surface area (Å²) in [5.41, 5.74) is 0. The van der Waals surface area contributed by atoms with Crippen molar-refractivity contribution in [2.75, 3.05) is 0 Å². The predicted octanol–water partition coefficient (Wildman–Crippen LogP) is 3.47. The minimum atomic E-state index is 1.03. The van der Waals surface area contributed by atoms with Crippen molar-refractivity contribution in [1.82, 2.24) is 0 Å². The van der Waals surface area contributed by atoms with Crippen LogP contribution in [-0.4, -0.2) is 0 Å². The molecule has 11 heavy (non-hydrogen) atoms. The minimum Gasteiger partial charge on any atom is -0.0622 e. The molecule has 2 aliphatic rings. The van der Waals surface area contributed by atoms with E-state index in [1.54, 1.807) is 6.42 Å². The van der Waals surface area contributed by atoms with E-state index in [0.29, 0.717) is 0 Å². The van der Waals surface area contributed by atoms with Gasteiger partial charge in [0.05, 0.1) is 0 Å². The van der Waals surface area contributed by atoms with Crippen LogP contribution in [0.3, 0.4) is 0 Å². The van der Waals surface area contributed by atoms with Crippen LogP contribution in [0.5, 0.6) is 0 Å². The van der Waals surface area contributed by atoms with Gasteiger partial charge in [-0.2, -0.15) is 0 Å². The molecule has 4 unspecified atom stereocenters. The van der Waals surface area contributed by atoms with Gasteiger partial charge in [0.15, 0.2) is 0 Å². The van der Waals surface area contributed by atoms with Gasteiger partial charge < -0.3 is 0 Å². The summed E-state index contributed by atoms with van der Waals surface area (Å²) in [6.07, 6.45) is 7.64. The summed E-state index contributed by atoms with van der Waals surface area (Å²) in [5, 5.41) is 0. The van der Waals surface area contributed by atoms with Gasteiger partial charge in [-0.25, -0.2) is 0 Å². The maximum atomic E-state index is 2.46. The van der Waals surface area contributed by atoms with Gasteiger partial charge in [0.2, 0.25) is 0 Å². The lowest BCUT2D eigenvalue weighted by Gasteiger charge is -2.19. The molecule has 2 rings (SSSR count). The molecule has 0 heteroatoms. The topological polar surface area (TPSA) is 0 Å². The molecule has 0 nitrogen and oxygen atoms in total. The molecule has 0 aromatic heterocycles. The monoisotopic (exact) mass is 152 g/mol. The predicted molar refractivity (Wildman–Crippen MR) is 48.4 cm³/mol. The van der Waals surface area contributed by atoms with E-state index in [1.165, 1.54) is 25.7 Å². The van der Waals surface area contributed by atoms with Crippen molar-refractivity contribution in [3.8, 4) is 0 Å². The molecule has 2 saturated carbocycles. The summed E-state index contributed by atoms with van der Waals surface area (Å²) in [4.78, 5) is 0. The van der Waals surface area contributed by atoms with Crippen molar-refractivity contribution in [3.63, 3.8) is 0 Å². The fraction of sp³-hybridized carbons (Fsp3) is 1.00. The highest BCUT2D eigenvalue weighted by Crippen LogP contribution is 2.46. The number of fused-ring (bicyclic) bond motifs is 2. The molecule has 64 valence electrons. The maximum absolute atomic E-state index is 2.46. The smallest absolute Gasteiger partial charge is 0.0383 e. The Morgan fingerprint density at radius 3 is 2.45 bits per heavy atom. The first-order valence-corrected chi connectivity index (χ1v) is 5.27. The molecule has 2 fully saturated rings. The minimum absolute atomic E-state index is 1.03. The van der Waals surface area contributed by atoms with Crippen LogP contribution in [-0.2, 0) is 0 Å². The molecule has 2 bridgehead atoms. The zero-order valence-electron chi connectivity index (χ0n) is 7.84. The Kier molecular flexibility index (Phi) is 1.95. The largest absolute Gasteiger partial charge is 0.0622 e. The molecule has 0 heterocycles. The van der Waals surface area contributed by atoms with Crippen LogP contribution in [0.2, 0.25) is 0 Å². The van der Waals surface area contributed by atoms with Crippen LogP contribution in [0, 0.1) is 23.7 Å². The van der Waals surface area contributed by atoms with Gasteiger partial charge in [-0.05, 0) is 36.5 Å².